The van der Waals surface area contributed by atoms with E-state index in [-0.39, 0.29) is 27.4 Å². The van der Waals surface area contributed by atoms with Crippen LogP contribution in [0.5, 0.6) is 0 Å². The summed E-state index contributed by atoms with van der Waals surface area (Å²) in [5.41, 5.74) is 10.5. The van der Waals surface area contributed by atoms with Gasteiger partial charge in [-0.1, -0.05) is 66.2 Å². The molecule has 0 aliphatic rings. The quantitative estimate of drug-likeness (QED) is 0.336. The molecule has 0 radical (unpaired) electrons. The fraction of sp³-hybridized carbons (Fsp3) is 0.889. The molecule has 25 heavy (non-hydrogen) atoms. The molecule has 0 aliphatic heterocycles. The second-order valence-corrected chi connectivity index (χ2v) is 6.90. The summed E-state index contributed by atoms with van der Waals surface area (Å²) in [7, 11) is 0. The van der Waals surface area contributed by atoms with Crippen molar-refractivity contribution in [2.45, 2.75) is 79.1 Å². The maximum absolute atomic E-state index is 5.23. The minimum absolute atomic E-state index is 0. The third kappa shape index (κ3) is 23.9. The summed E-state index contributed by atoms with van der Waals surface area (Å²) in [4.78, 5) is 0. The van der Waals surface area contributed by atoms with Crippen molar-refractivity contribution >= 4 is 34.8 Å². The number of thiocarbonyl (C=S) groups is 2. The Labute approximate surface area is 176 Å². The molecule has 152 valence electrons. The minimum Gasteiger partial charge on any atom is -0.471 e. The Kier molecular flexibility index (Phi) is 26.0. The molecule has 0 saturated carbocycles. The first-order valence-electron chi connectivity index (χ1n) is 9.25. The molecule has 0 aromatic heterocycles. The van der Waals surface area contributed by atoms with Crippen molar-refractivity contribution in [2.75, 3.05) is 13.2 Å². The smallest absolute Gasteiger partial charge is 0.253 e. The molecule has 0 amide bonds. The largest absolute Gasteiger partial charge is 0.471 e. The van der Waals surface area contributed by atoms with Crippen LogP contribution in [0.4, 0.5) is 0 Å². The van der Waals surface area contributed by atoms with Gasteiger partial charge in [0.15, 0.2) is 0 Å². The predicted octanol–water partition coefficient (Wildman–Crippen LogP) is 4.92. The van der Waals surface area contributed by atoms with E-state index in [1.807, 2.05) is 0 Å². The van der Waals surface area contributed by atoms with Crippen LogP contribution in [0.3, 0.4) is 0 Å². The molecule has 0 saturated heterocycles. The Morgan fingerprint density at radius 1 is 0.760 bits per heavy atom. The standard InChI is InChI=1S/2C9H19NOS.Fe/c2*1-3-5-6-8(4-2)7-11-9(10)12;/h2*8H,3-7H2,1-2H3,(H2,10,12);. The van der Waals surface area contributed by atoms with Crippen molar-refractivity contribution in [2.24, 2.45) is 23.3 Å². The van der Waals surface area contributed by atoms with Crippen molar-refractivity contribution in [1.29, 1.82) is 0 Å². The van der Waals surface area contributed by atoms with Crippen LogP contribution in [0.2, 0.25) is 0 Å². The van der Waals surface area contributed by atoms with Crippen LogP contribution in [0, 0.1) is 11.8 Å². The number of rotatable bonds is 12. The first-order valence-corrected chi connectivity index (χ1v) is 10.1. The molecular formula is C18H38FeN2O2S2. The van der Waals surface area contributed by atoms with Crippen molar-refractivity contribution in [1.82, 2.24) is 0 Å². The summed E-state index contributed by atoms with van der Waals surface area (Å²) < 4.78 is 10.2. The van der Waals surface area contributed by atoms with E-state index < -0.39 is 0 Å². The maximum atomic E-state index is 5.23. The van der Waals surface area contributed by atoms with Crippen LogP contribution in [0.15, 0.2) is 0 Å². The number of unbranched alkanes of at least 4 members (excludes halogenated alkanes) is 2. The van der Waals surface area contributed by atoms with E-state index >= 15 is 0 Å². The fourth-order valence-corrected chi connectivity index (χ4v) is 2.33. The number of ether oxygens (including phenoxy) is 2. The van der Waals surface area contributed by atoms with Crippen LogP contribution in [0.25, 0.3) is 0 Å². The summed E-state index contributed by atoms with van der Waals surface area (Å²) in [6, 6.07) is 0. The van der Waals surface area contributed by atoms with Gasteiger partial charge in [-0.25, -0.2) is 0 Å². The Bertz CT molecular complexity index is 291. The average molecular weight is 434 g/mol. The van der Waals surface area contributed by atoms with Gasteiger partial charge in [0, 0.05) is 17.1 Å². The summed E-state index contributed by atoms with van der Waals surface area (Å²) in [6.07, 6.45) is 9.72. The number of hydrogen-bond donors (Lipinski definition) is 2. The molecule has 2 unspecified atom stereocenters. The maximum Gasteiger partial charge on any atom is 0.253 e. The summed E-state index contributed by atoms with van der Waals surface area (Å²) in [5, 5.41) is 0.342. The monoisotopic (exact) mass is 434 g/mol. The van der Waals surface area contributed by atoms with Crippen LogP contribution in [-0.4, -0.2) is 23.6 Å². The fourth-order valence-electron chi connectivity index (χ4n) is 2.20. The van der Waals surface area contributed by atoms with E-state index in [2.05, 4.69) is 52.1 Å². The third-order valence-electron chi connectivity index (χ3n) is 4.01. The minimum atomic E-state index is 0. The van der Waals surface area contributed by atoms with Gasteiger partial charge in [0.05, 0.1) is 13.2 Å². The zero-order chi connectivity index (χ0) is 18.8. The molecule has 7 heteroatoms. The summed E-state index contributed by atoms with van der Waals surface area (Å²) in [6.45, 7) is 10.1. The molecule has 0 bridgehead atoms. The van der Waals surface area contributed by atoms with Gasteiger partial charge in [-0.2, -0.15) is 0 Å². The van der Waals surface area contributed by atoms with E-state index in [1.165, 1.54) is 38.5 Å². The molecule has 2 atom stereocenters. The third-order valence-corrected chi connectivity index (χ3v) is 4.24. The zero-order valence-corrected chi connectivity index (χ0v) is 19.1. The van der Waals surface area contributed by atoms with Gasteiger partial charge in [-0.05, 0) is 49.1 Å². The Morgan fingerprint density at radius 2 is 1.08 bits per heavy atom. The van der Waals surface area contributed by atoms with Gasteiger partial charge in [0.2, 0.25) is 0 Å². The van der Waals surface area contributed by atoms with Gasteiger partial charge in [-0.15, -0.1) is 0 Å². The summed E-state index contributed by atoms with van der Waals surface area (Å²) >= 11 is 9.26. The van der Waals surface area contributed by atoms with E-state index in [0.29, 0.717) is 25.0 Å². The second-order valence-electron chi connectivity index (χ2n) is 6.09. The SMILES string of the molecule is CCCCC(CC)COC(N)=S.CCCCC(CC)COC(N)=S.[Fe]. The normalized spacial score (nSPS) is 12.0. The van der Waals surface area contributed by atoms with E-state index in [9.17, 15) is 0 Å². The van der Waals surface area contributed by atoms with Gasteiger partial charge >= 0.3 is 0 Å². The molecule has 0 spiro atoms. The predicted molar refractivity (Wildman–Crippen MR) is 112 cm³/mol. The zero-order valence-electron chi connectivity index (χ0n) is 16.4. The van der Waals surface area contributed by atoms with E-state index in [0.717, 1.165) is 12.8 Å². The average Bonchev–Trinajstić information content (AvgIpc) is 2.55. The number of hydrogen-bond acceptors (Lipinski definition) is 4. The Balaban J connectivity index is -0.000000372. The van der Waals surface area contributed by atoms with Crippen molar-refractivity contribution < 1.29 is 26.5 Å². The number of nitrogens with two attached hydrogens (primary N) is 2. The molecule has 0 heterocycles. The van der Waals surface area contributed by atoms with Gasteiger partial charge in [0.25, 0.3) is 10.3 Å². The van der Waals surface area contributed by atoms with Gasteiger partial charge in [-0.3, -0.25) is 0 Å². The van der Waals surface area contributed by atoms with Gasteiger partial charge in [0.1, 0.15) is 0 Å². The molecular weight excluding hydrogens is 396 g/mol. The van der Waals surface area contributed by atoms with Crippen LogP contribution < -0.4 is 11.5 Å². The molecule has 0 rings (SSSR count). The van der Waals surface area contributed by atoms with E-state index in [1.54, 1.807) is 0 Å². The van der Waals surface area contributed by atoms with Crippen molar-refractivity contribution in [3.63, 3.8) is 0 Å². The summed E-state index contributed by atoms with van der Waals surface area (Å²) in [5.74, 6) is 1.23. The Morgan fingerprint density at radius 3 is 1.28 bits per heavy atom. The van der Waals surface area contributed by atoms with Crippen molar-refractivity contribution in [3.8, 4) is 0 Å². The molecule has 0 aliphatic carbocycles. The first kappa shape index (κ1) is 29.7. The van der Waals surface area contributed by atoms with E-state index in [4.69, 9.17) is 20.9 Å². The molecule has 0 aromatic rings. The Hall–Kier alpha value is -0.101. The van der Waals surface area contributed by atoms with Crippen LogP contribution >= 0.6 is 24.4 Å². The molecule has 0 fully saturated rings. The molecule has 0 aromatic carbocycles. The van der Waals surface area contributed by atoms with Gasteiger partial charge < -0.3 is 20.9 Å². The van der Waals surface area contributed by atoms with Crippen molar-refractivity contribution in [3.05, 3.63) is 0 Å². The topological polar surface area (TPSA) is 70.5 Å². The molecule has 4 N–H and O–H groups in total. The first-order chi connectivity index (χ1) is 11.4. The second kappa shape index (κ2) is 21.9. The van der Waals surface area contributed by atoms with Crippen LogP contribution in [-0.2, 0) is 26.5 Å². The molecule has 4 nitrogen and oxygen atoms in total. The van der Waals surface area contributed by atoms with Crippen LogP contribution in [0.1, 0.15) is 79.1 Å².